The van der Waals surface area contributed by atoms with Crippen molar-refractivity contribution in [1.29, 1.82) is 5.26 Å². The molecule has 0 aromatic heterocycles. The van der Waals surface area contributed by atoms with Gasteiger partial charge in [0.25, 0.3) is 0 Å². The molecule has 0 heterocycles. The van der Waals surface area contributed by atoms with Gasteiger partial charge in [-0.1, -0.05) is 0 Å². The van der Waals surface area contributed by atoms with Crippen LogP contribution < -0.4 is 0 Å². The topological polar surface area (TPSA) is 23.8 Å². The minimum Gasteiger partial charge on any atom is -0.198 e. The lowest BCUT2D eigenvalue weighted by molar-refractivity contribution is 0.482. The summed E-state index contributed by atoms with van der Waals surface area (Å²) >= 11 is 4.02. The molecule has 0 aliphatic heterocycles. The van der Waals surface area contributed by atoms with Crippen molar-refractivity contribution in [3.8, 4) is 6.07 Å². The third-order valence-electron chi connectivity index (χ3n) is 1.04. The zero-order valence-electron chi connectivity index (χ0n) is 5.31. The fourth-order valence-electron chi connectivity index (χ4n) is 0.335. The zero-order chi connectivity index (χ0) is 6.62. The van der Waals surface area contributed by atoms with Crippen LogP contribution in [0.1, 0.15) is 20.3 Å². The van der Waals surface area contributed by atoms with Crippen LogP contribution in [-0.4, -0.2) is 5.75 Å². The highest BCUT2D eigenvalue weighted by atomic mass is 32.1. The van der Waals surface area contributed by atoms with E-state index in [-0.39, 0.29) is 5.41 Å². The molecule has 0 atom stereocenters. The van der Waals surface area contributed by atoms with Crippen molar-refractivity contribution in [3.63, 3.8) is 0 Å². The molecule has 1 nitrogen and oxygen atoms in total. The highest BCUT2D eigenvalue weighted by Crippen LogP contribution is 2.18. The van der Waals surface area contributed by atoms with Crippen molar-refractivity contribution in [2.24, 2.45) is 5.41 Å². The maximum absolute atomic E-state index is 8.44. The Morgan fingerprint density at radius 2 is 2.12 bits per heavy atom. The van der Waals surface area contributed by atoms with E-state index < -0.39 is 0 Å². The first-order chi connectivity index (χ1) is 3.62. The monoisotopic (exact) mass is 129 g/mol. The summed E-state index contributed by atoms with van der Waals surface area (Å²) in [6.45, 7) is 3.84. The van der Waals surface area contributed by atoms with Crippen LogP contribution in [0.4, 0.5) is 0 Å². The maximum atomic E-state index is 8.44. The zero-order valence-corrected chi connectivity index (χ0v) is 6.20. The summed E-state index contributed by atoms with van der Waals surface area (Å²) in [7, 11) is 0. The Balaban J connectivity index is 3.59. The largest absolute Gasteiger partial charge is 0.198 e. The van der Waals surface area contributed by atoms with E-state index in [0.29, 0.717) is 0 Å². The minimum atomic E-state index is -0.179. The SMILES string of the molecule is CC(C)(C#N)CCS. The van der Waals surface area contributed by atoms with Crippen molar-refractivity contribution in [1.82, 2.24) is 0 Å². The van der Waals surface area contributed by atoms with Crippen LogP contribution >= 0.6 is 12.6 Å². The minimum absolute atomic E-state index is 0.179. The Labute approximate surface area is 56.1 Å². The Bertz CT molecular complexity index is 102. The molecule has 0 saturated carbocycles. The molecule has 0 aliphatic carbocycles. The lowest BCUT2D eigenvalue weighted by Gasteiger charge is -2.11. The van der Waals surface area contributed by atoms with Gasteiger partial charge in [-0.2, -0.15) is 17.9 Å². The second-order valence-electron chi connectivity index (χ2n) is 2.47. The smallest absolute Gasteiger partial charge is 0.0684 e. The molecule has 8 heavy (non-hydrogen) atoms. The van der Waals surface area contributed by atoms with E-state index >= 15 is 0 Å². The summed E-state index contributed by atoms with van der Waals surface area (Å²) < 4.78 is 0. The lowest BCUT2D eigenvalue weighted by atomic mass is 9.93. The number of nitrogens with zero attached hydrogens (tertiary/aromatic N) is 1. The molecule has 0 amide bonds. The average molecular weight is 129 g/mol. The number of hydrogen-bond acceptors (Lipinski definition) is 2. The average Bonchev–Trinajstić information content (AvgIpc) is 1.67. The molecule has 0 N–H and O–H groups in total. The van der Waals surface area contributed by atoms with E-state index in [4.69, 9.17) is 5.26 Å². The van der Waals surface area contributed by atoms with Crippen molar-refractivity contribution in [3.05, 3.63) is 0 Å². The summed E-state index contributed by atoms with van der Waals surface area (Å²) in [6, 6.07) is 2.19. The molecule has 0 aromatic rings. The van der Waals surface area contributed by atoms with Crippen molar-refractivity contribution < 1.29 is 0 Å². The van der Waals surface area contributed by atoms with Gasteiger partial charge < -0.3 is 0 Å². The number of rotatable bonds is 2. The van der Waals surface area contributed by atoms with Gasteiger partial charge in [-0.3, -0.25) is 0 Å². The van der Waals surface area contributed by atoms with Gasteiger partial charge in [-0.15, -0.1) is 0 Å². The van der Waals surface area contributed by atoms with E-state index in [1.54, 1.807) is 0 Å². The summed E-state index contributed by atoms with van der Waals surface area (Å²) in [5, 5.41) is 8.44. The number of thiol groups is 1. The fourth-order valence-corrected chi connectivity index (χ4v) is 0.894. The molecule has 0 spiro atoms. The van der Waals surface area contributed by atoms with Crippen LogP contribution in [0.15, 0.2) is 0 Å². The van der Waals surface area contributed by atoms with Crippen LogP contribution in [-0.2, 0) is 0 Å². The summed E-state index contributed by atoms with van der Waals surface area (Å²) in [4.78, 5) is 0. The normalized spacial score (nSPS) is 10.8. The molecule has 0 aliphatic rings. The maximum Gasteiger partial charge on any atom is 0.0684 e. The van der Waals surface area contributed by atoms with Gasteiger partial charge in [0, 0.05) is 0 Å². The highest BCUT2D eigenvalue weighted by Gasteiger charge is 2.13. The van der Waals surface area contributed by atoms with Crippen LogP contribution in [0.2, 0.25) is 0 Å². The van der Waals surface area contributed by atoms with Crippen molar-refractivity contribution in [2.45, 2.75) is 20.3 Å². The van der Waals surface area contributed by atoms with Gasteiger partial charge in [0.05, 0.1) is 11.5 Å². The first kappa shape index (κ1) is 7.84. The third kappa shape index (κ3) is 2.92. The Kier molecular flexibility index (Phi) is 2.93. The molecular formula is C6H11NS. The van der Waals surface area contributed by atoms with Gasteiger partial charge >= 0.3 is 0 Å². The third-order valence-corrected chi connectivity index (χ3v) is 1.26. The van der Waals surface area contributed by atoms with Crippen LogP contribution in [0.5, 0.6) is 0 Å². The van der Waals surface area contributed by atoms with Crippen molar-refractivity contribution in [2.75, 3.05) is 5.75 Å². The first-order valence-corrected chi connectivity index (χ1v) is 3.28. The van der Waals surface area contributed by atoms with Crippen molar-refractivity contribution >= 4 is 12.6 Å². The second kappa shape index (κ2) is 2.99. The molecule has 0 rings (SSSR count). The molecule has 0 radical (unpaired) electrons. The van der Waals surface area contributed by atoms with E-state index in [9.17, 15) is 0 Å². The molecular weight excluding hydrogens is 118 g/mol. The van der Waals surface area contributed by atoms with Crippen LogP contribution in [0.25, 0.3) is 0 Å². The molecule has 0 bridgehead atoms. The Hall–Kier alpha value is -0.160. The van der Waals surface area contributed by atoms with E-state index in [0.717, 1.165) is 12.2 Å². The molecule has 2 heteroatoms. The molecule has 0 saturated heterocycles. The van der Waals surface area contributed by atoms with E-state index in [1.165, 1.54) is 0 Å². The predicted molar refractivity (Wildman–Crippen MR) is 37.9 cm³/mol. The van der Waals surface area contributed by atoms with Gasteiger partial charge in [-0.25, -0.2) is 0 Å². The molecule has 0 aromatic carbocycles. The Morgan fingerprint density at radius 3 is 2.25 bits per heavy atom. The van der Waals surface area contributed by atoms with Crippen LogP contribution in [0.3, 0.4) is 0 Å². The summed E-state index contributed by atoms with van der Waals surface area (Å²) in [5.41, 5.74) is -0.179. The van der Waals surface area contributed by atoms with E-state index in [1.807, 2.05) is 13.8 Å². The molecule has 0 unspecified atom stereocenters. The summed E-state index contributed by atoms with van der Waals surface area (Å²) in [6.07, 6.45) is 0.868. The highest BCUT2D eigenvalue weighted by molar-refractivity contribution is 7.80. The van der Waals surface area contributed by atoms with Gasteiger partial charge in [0.2, 0.25) is 0 Å². The lowest BCUT2D eigenvalue weighted by Crippen LogP contribution is -2.07. The Morgan fingerprint density at radius 1 is 1.62 bits per heavy atom. The second-order valence-corrected chi connectivity index (χ2v) is 2.92. The standard InChI is InChI=1S/C6H11NS/c1-6(2,5-7)3-4-8/h8H,3-4H2,1-2H3. The summed E-state index contributed by atoms with van der Waals surface area (Å²) in [5.74, 6) is 0.792. The number of nitriles is 1. The molecule has 0 fully saturated rings. The van der Waals surface area contributed by atoms with Gasteiger partial charge in [0.1, 0.15) is 0 Å². The van der Waals surface area contributed by atoms with Gasteiger partial charge in [0.15, 0.2) is 0 Å². The van der Waals surface area contributed by atoms with Gasteiger partial charge in [-0.05, 0) is 26.0 Å². The number of hydrogen-bond donors (Lipinski definition) is 1. The first-order valence-electron chi connectivity index (χ1n) is 2.64. The van der Waals surface area contributed by atoms with E-state index in [2.05, 4.69) is 18.7 Å². The quantitative estimate of drug-likeness (QED) is 0.565. The predicted octanol–water partition coefficient (Wildman–Crippen LogP) is 1.86. The van der Waals surface area contributed by atoms with Crippen LogP contribution in [0, 0.1) is 16.7 Å². The fraction of sp³-hybridized carbons (Fsp3) is 0.833. The molecule has 46 valence electrons.